The molecule has 1 aliphatic heterocycles. The van der Waals surface area contributed by atoms with Crippen LogP contribution in [0.3, 0.4) is 0 Å². The summed E-state index contributed by atoms with van der Waals surface area (Å²) < 4.78 is 27.0. The lowest BCUT2D eigenvalue weighted by atomic mass is 10.0. The van der Waals surface area contributed by atoms with E-state index >= 15 is 0 Å². The van der Waals surface area contributed by atoms with E-state index in [0.29, 0.717) is 12.6 Å². The molecule has 0 saturated carbocycles. The van der Waals surface area contributed by atoms with E-state index in [-0.39, 0.29) is 6.04 Å². The highest BCUT2D eigenvalue weighted by atomic mass is 32.2. The number of hydrogen-bond acceptors (Lipinski definition) is 3. The largest absolute Gasteiger partial charge is 0.313 e. The molecule has 0 spiro atoms. The van der Waals surface area contributed by atoms with Gasteiger partial charge in [-0.25, -0.2) is 4.72 Å². The third kappa shape index (κ3) is 3.60. The third-order valence-electron chi connectivity index (χ3n) is 2.25. The first-order chi connectivity index (χ1) is 6.03. The first-order valence-electron chi connectivity index (χ1n) is 4.47. The van der Waals surface area contributed by atoms with Gasteiger partial charge in [0.15, 0.2) is 0 Å². The summed E-state index contributed by atoms with van der Waals surface area (Å²) in [4.78, 5) is 0. The Balaban J connectivity index is 2.39. The molecular formula is C7H17N3O2S. The second-order valence-corrected chi connectivity index (χ2v) is 5.06. The van der Waals surface area contributed by atoms with Crippen LogP contribution in [0.5, 0.6) is 0 Å². The van der Waals surface area contributed by atoms with Crippen molar-refractivity contribution in [2.75, 3.05) is 13.6 Å². The van der Waals surface area contributed by atoms with E-state index in [4.69, 9.17) is 0 Å². The van der Waals surface area contributed by atoms with Crippen LogP contribution in [0.15, 0.2) is 0 Å². The Morgan fingerprint density at radius 3 is 2.54 bits per heavy atom. The van der Waals surface area contributed by atoms with Crippen molar-refractivity contribution in [1.82, 2.24) is 14.8 Å². The average Bonchev–Trinajstić information content (AvgIpc) is 2.09. The van der Waals surface area contributed by atoms with Crippen molar-refractivity contribution in [2.24, 2.45) is 0 Å². The molecule has 6 heteroatoms. The molecule has 2 unspecified atom stereocenters. The van der Waals surface area contributed by atoms with Gasteiger partial charge in [0.2, 0.25) is 0 Å². The molecule has 1 rings (SSSR count). The van der Waals surface area contributed by atoms with Gasteiger partial charge in [-0.15, -0.1) is 0 Å². The van der Waals surface area contributed by atoms with Crippen LogP contribution in [-0.2, 0) is 10.2 Å². The first kappa shape index (κ1) is 10.9. The summed E-state index contributed by atoms with van der Waals surface area (Å²) >= 11 is 0. The Hall–Kier alpha value is -0.170. The monoisotopic (exact) mass is 207 g/mol. The zero-order chi connectivity index (χ0) is 9.90. The molecule has 1 fully saturated rings. The summed E-state index contributed by atoms with van der Waals surface area (Å²) in [5.74, 6) is 0. The Labute approximate surface area is 79.5 Å². The van der Waals surface area contributed by atoms with Crippen LogP contribution < -0.4 is 14.8 Å². The van der Waals surface area contributed by atoms with Crippen LogP contribution in [0.2, 0.25) is 0 Å². The lowest BCUT2D eigenvalue weighted by Gasteiger charge is -2.27. The average molecular weight is 207 g/mol. The summed E-state index contributed by atoms with van der Waals surface area (Å²) in [6.07, 6.45) is 1.91. The summed E-state index contributed by atoms with van der Waals surface area (Å²) in [6.45, 7) is 2.81. The Morgan fingerprint density at radius 2 is 2.08 bits per heavy atom. The predicted molar refractivity (Wildman–Crippen MR) is 51.6 cm³/mol. The maximum atomic E-state index is 11.1. The van der Waals surface area contributed by atoms with Crippen LogP contribution in [-0.4, -0.2) is 34.1 Å². The molecule has 0 aromatic carbocycles. The summed E-state index contributed by atoms with van der Waals surface area (Å²) in [7, 11) is -1.87. The normalized spacial score (nSPS) is 30.3. The second kappa shape index (κ2) is 4.36. The van der Waals surface area contributed by atoms with Crippen LogP contribution in [0.25, 0.3) is 0 Å². The summed E-state index contributed by atoms with van der Waals surface area (Å²) in [5.41, 5.74) is 0. The molecule has 1 saturated heterocycles. The lowest BCUT2D eigenvalue weighted by Crippen LogP contribution is -2.50. The van der Waals surface area contributed by atoms with Crippen molar-refractivity contribution in [2.45, 2.75) is 31.8 Å². The molecule has 0 aromatic rings. The van der Waals surface area contributed by atoms with E-state index in [1.165, 1.54) is 7.05 Å². The zero-order valence-electron chi connectivity index (χ0n) is 8.00. The van der Waals surface area contributed by atoms with Crippen molar-refractivity contribution >= 4 is 10.2 Å². The first-order valence-corrected chi connectivity index (χ1v) is 5.96. The molecule has 0 radical (unpaired) electrons. The molecular weight excluding hydrogens is 190 g/mol. The minimum atomic E-state index is -3.28. The fourth-order valence-corrected chi connectivity index (χ4v) is 2.14. The molecule has 78 valence electrons. The lowest BCUT2D eigenvalue weighted by molar-refractivity contribution is 0.365. The van der Waals surface area contributed by atoms with Crippen molar-refractivity contribution in [3.63, 3.8) is 0 Å². The number of piperidine rings is 1. The topological polar surface area (TPSA) is 70.2 Å². The van der Waals surface area contributed by atoms with Crippen molar-refractivity contribution in [3.8, 4) is 0 Å². The predicted octanol–water partition coefficient (Wildman–Crippen LogP) is -0.819. The van der Waals surface area contributed by atoms with Crippen molar-refractivity contribution in [3.05, 3.63) is 0 Å². The van der Waals surface area contributed by atoms with Crippen LogP contribution in [0, 0.1) is 0 Å². The van der Waals surface area contributed by atoms with Gasteiger partial charge in [0, 0.05) is 25.7 Å². The quantitative estimate of drug-likeness (QED) is 0.566. The molecule has 13 heavy (non-hydrogen) atoms. The van der Waals surface area contributed by atoms with Crippen LogP contribution in [0.1, 0.15) is 19.8 Å². The van der Waals surface area contributed by atoms with Gasteiger partial charge in [0.25, 0.3) is 10.2 Å². The number of rotatable bonds is 3. The molecule has 0 aromatic heterocycles. The maximum absolute atomic E-state index is 11.1. The van der Waals surface area contributed by atoms with Crippen LogP contribution >= 0.6 is 0 Å². The van der Waals surface area contributed by atoms with Gasteiger partial charge in [0.05, 0.1) is 0 Å². The Morgan fingerprint density at radius 1 is 1.38 bits per heavy atom. The number of hydrogen-bond donors (Lipinski definition) is 3. The molecule has 0 aliphatic carbocycles. The molecule has 0 bridgehead atoms. The fourth-order valence-electron chi connectivity index (χ4n) is 1.38. The highest BCUT2D eigenvalue weighted by Gasteiger charge is 2.21. The van der Waals surface area contributed by atoms with E-state index in [2.05, 4.69) is 21.7 Å². The van der Waals surface area contributed by atoms with E-state index in [1.807, 2.05) is 0 Å². The van der Waals surface area contributed by atoms with Crippen LogP contribution in [0.4, 0.5) is 0 Å². The highest BCUT2D eigenvalue weighted by molar-refractivity contribution is 7.87. The van der Waals surface area contributed by atoms with Gasteiger partial charge in [-0.05, 0) is 19.8 Å². The molecule has 1 heterocycles. The zero-order valence-corrected chi connectivity index (χ0v) is 8.82. The molecule has 5 nitrogen and oxygen atoms in total. The SMILES string of the molecule is CNS(=O)(=O)NC1CCC(C)NC1. The standard InChI is InChI=1S/C7H17N3O2S/c1-6-3-4-7(5-9-6)10-13(11,12)8-2/h6-10H,3-5H2,1-2H3. The minimum Gasteiger partial charge on any atom is -0.313 e. The molecule has 1 aliphatic rings. The van der Waals surface area contributed by atoms with Crippen molar-refractivity contribution in [1.29, 1.82) is 0 Å². The summed E-state index contributed by atoms with van der Waals surface area (Å²) in [6, 6.07) is 0.518. The van der Waals surface area contributed by atoms with Gasteiger partial charge in [-0.2, -0.15) is 13.1 Å². The smallest absolute Gasteiger partial charge is 0.276 e. The van der Waals surface area contributed by atoms with Crippen molar-refractivity contribution < 1.29 is 8.42 Å². The third-order valence-corrected chi connectivity index (χ3v) is 3.43. The van der Waals surface area contributed by atoms with E-state index in [1.54, 1.807) is 0 Å². The van der Waals surface area contributed by atoms with E-state index in [9.17, 15) is 8.42 Å². The maximum Gasteiger partial charge on any atom is 0.276 e. The van der Waals surface area contributed by atoms with Gasteiger partial charge in [-0.1, -0.05) is 0 Å². The Kier molecular flexibility index (Phi) is 3.66. The molecule has 0 amide bonds. The van der Waals surface area contributed by atoms with Gasteiger partial charge < -0.3 is 5.32 Å². The van der Waals surface area contributed by atoms with E-state index in [0.717, 1.165) is 12.8 Å². The number of nitrogens with one attached hydrogen (secondary N) is 3. The van der Waals surface area contributed by atoms with Gasteiger partial charge >= 0.3 is 0 Å². The summed E-state index contributed by atoms with van der Waals surface area (Å²) in [5, 5.41) is 3.22. The minimum absolute atomic E-state index is 0.0219. The second-order valence-electron chi connectivity index (χ2n) is 3.41. The Bertz CT molecular complexity index is 244. The molecule has 2 atom stereocenters. The fraction of sp³-hybridized carbons (Fsp3) is 1.00. The highest BCUT2D eigenvalue weighted by Crippen LogP contribution is 2.07. The van der Waals surface area contributed by atoms with E-state index < -0.39 is 10.2 Å². The van der Waals surface area contributed by atoms with Gasteiger partial charge in [0.1, 0.15) is 0 Å². The molecule has 3 N–H and O–H groups in total. The van der Waals surface area contributed by atoms with Gasteiger partial charge in [-0.3, -0.25) is 0 Å².